The summed E-state index contributed by atoms with van der Waals surface area (Å²) >= 11 is 0. The molecule has 1 aromatic heterocycles. The van der Waals surface area contributed by atoms with Crippen LogP contribution in [0.4, 0.5) is 18.9 Å². The molecule has 0 spiro atoms. The molecule has 2 N–H and O–H groups in total. The van der Waals surface area contributed by atoms with E-state index in [4.69, 9.17) is 10.5 Å². The van der Waals surface area contributed by atoms with E-state index in [0.29, 0.717) is 11.1 Å². The highest BCUT2D eigenvalue weighted by atomic mass is 19.4. The molecule has 0 aliphatic rings. The summed E-state index contributed by atoms with van der Waals surface area (Å²) in [6, 6.07) is 3.81. The van der Waals surface area contributed by atoms with Crippen molar-refractivity contribution in [3.8, 4) is 17.1 Å². The van der Waals surface area contributed by atoms with Gasteiger partial charge in [0.05, 0.1) is 12.7 Å². The van der Waals surface area contributed by atoms with E-state index in [0.717, 1.165) is 6.07 Å². The van der Waals surface area contributed by atoms with Crippen molar-refractivity contribution in [3.05, 3.63) is 36.2 Å². The maximum Gasteiger partial charge on any atom is 0.418 e. The molecule has 19 heavy (non-hydrogen) atoms. The van der Waals surface area contributed by atoms with Crippen molar-refractivity contribution in [3.63, 3.8) is 0 Å². The molecular formula is C12H10F3N3O. The van der Waals surface area contributed by atoms with Crippen LogP contribution in [0.15, 0.2) is 30.6 Å². The second-order valence-corrected chi connectivity index (χ2v) is 3.76. The Morgan fingerprint density at radius 1 is 1.11 bits per heavy atom. The predicted molar refractivity (Wildman–Crippen MR) is 63.4 cm³/mol. The number of rotatable bonds is 2. The summed E-state index contributed by atoms with van der Waals surface area (Å²) in [6.45, 7) is 0. The summed E-state index contributed by atoms with van der Waals surface area (Å²) in [5.74, 6) is 0. The molecule has 7 heteroatoms. The molecule has 2 rings (SSSR count). The van der Waals surface area contributed by atoms with Crippen LogP contribution in [0.1, 0.15) is 5.56 Å². The second kappa shape index (κ2) is 4.75. The molecule has 0 saturated heterocycles. The highest BCUT2D eigenvalue weighted by Gasteiger charge is 2.33. The lowest BCUT2D eigenvalue weighted by atomic mass is 10.0. The van der Waals surface area contributed by atoms with Crippen molar-refractivity contribution in [2.24, 2.45) is 0 Å². The van der Waals surface area contributed by atoms with Crippen LogP contribution in [-0.2, 0) is 6.18 Å². The lowest BCUT2D eigenvalue weighted by molar-refractivity contribution is -0.136. The fraction of sp³-hybridized carbons (Fsp3) is 0.167. The minimum absolute atomic E-state index is 0.148. The smallest absolute Gasteiger partial charge is 0.418 e. The summed E-state index contributed by atoms with van der Waals surface area (Å²) in [6.07, 6.45) is -1.72. The van der Waals surface area contributed by atoms with Crippen LogP contribution < -0.4 is 10.5 Å². The van der Waals surface area contributed by atoms with Crippen molar-refractivity contribution in [2.75, 3.05) is 12.8 Å². The fourth-order valence-electron chi connectivity index (χ4n) is 1.55. The highest BCUT2D eigenvalue weighted by molar-refractivity contribution is 5.67. The summed E-state index contributed by atoms with van der Waals surface area (Å²) in [5.41, 5.74) is 4.93. The van der Waals surface area contributed by atoms with E-state index in [1.54, 1.807) is 0 Å². The largest absolute Gasteiger partial charge is 0.467 e. The average Bonchev–Trinajstić information content (AvgIpc) is 2.38. The molecule has 0 atom stereocenters. The number of anilines is 1. The van der Waals surface area contributed by atoms with Crippen LogP contribution in [0.3, 0.4) is 0 Å². The number of halogens is 3. The van der Waals surface area contributed by atoms with Gasteiger partial charge in [-0.15, -0.1) is 0 Å². The molecule has 0 aliphatic carbocycles. The van der Waals surface area contributed by atoms with E-state index in [1.165, 1.54) is 31.6 Å². The van der Waals surface area contributed by atoms with Gasteiger partial charge in [-0.05, 0) is 17.7 Å². The van der Waals surface area contributed by atoms with Crippen LogP contribution in [0.25, 0.3) is 11.1 Å². The fourth-order valence-corrected chi connectivity index (χ4v) is 1.55. The van der Waals surface area contributed by atoms with Gasteiger partial charge in [-0.1, -0.05) is 6.07 Å². The van der Waals surface area contributed by atoms with Gasteiger partial charge in [0.2, 0.25) is 0 Å². The van der Waals surface area contributed by atoms with Gasteiger partial charge in [0.25, 0.3) is 0 Å². The Bertz CT molecular complexity index is 582. The van der Waals surface area contributed by atoms with Crippen molar-refractivity contribution >= 4 is 5.69 Å². The number of nitrogens with two attached hydrogens (primary N) is 1. The zero-order valence-corrected chi connectivity index (χ0v) is 9.90. The third-order valence-corrected chi connectivity index (χ3v) is 2.50. The Labute approximate surface area is 107 Å². The van der Waals surface area contributed by atoms with Crippen molar-refractivity contribution in [1.29, 1.82) is 0 Å². The molecule has 0 aliphatic heterocycles. The van der Waals surface area contributed by atoms with E-state index in [-0.39, 0.29) is 11.7 Å². The normalized spacial score (nSPS) is 11.4. The topological polar surface area (TPSA) is 61.0 Å². The van der Waals surface area contributed by atoms with Crippen LogP contribution in [-0.4, -0.2) is 17.1 Å². The number of alkyl halides is 3. The molecule has 0 amide bonds. The first-order chi connectivity index (χ1) is 8.91. The Kier molecular flexibility index (Phi) is 3.28. The number of methoxy groups -OCH3 is 1. The van der Waals surface area contributed by atoms with Gasteiger partial charge >= 0.3 is 12.2 Å². The van der Waals surface area contributed by atoms with E-state index in [1.807, 2.05) is 0 Å². The molecule has 0 fully saturated rings. The van der Waals surface area contributed by atoms with Gasteiger partial charge < -0.3 is 10.5 Å². The molecule has 0 unspecified atom stereocenters. The summed E-state index contributed by atoms with van der Waals surface area (Å²) in [4.78, 5) is 7.68. The minimum atomic E-state index is -4.49. The predicted octanol–water partition coefficient (Wildman–Crippen LogP) is 2.75. The zero-order chi connectivity index (χ0) is 14.0. The average molecular weight is 269 g/mol. The Balaban J connectivity index is 2.45. The number of ether oxygens (including phenoxy) is 1. The third-order valence-electron chi connectivity index (χ3n) is 2.50. The van der Waals surface area contributed by atoms with Crippen molar-refractivity contribution in [1.82, 2.24) is 9.97 Å². The first-order valence-electron chi connectivity index (χ1n) is 5.25. The SMILES string of the molecule is COc1ncc(-c2ccc(N)c(C(F)(F)F)c2)cn1. The lowest BCUT2D eigenvalue weighted by Crippen LogP contribution is -2.09. The third kappa shape index (κ3) is 2.75. The van der Waals surface area contributed by atoms with E-state index in [2.05, 4.69) is 9.97 Å². The van der Waals surface area contributed by atoms with E-state index >= 15 is 0 Å². The molecule has 2 aromatic rings. The Morgan fingerprint density at radius 3 is 2.26 bits per heavy atom. The minimum Gasteiger partial charge on any atom is -0.467 e. The molecule has 0 saturated carbocycles. The van der Waals surface area contributed by atoms with Gasteiger partial charge in [-0.2, -0.15) is 13.2 Å². The molecule has 1 heterocycles. The van der Waals surface area contributed by atoms with Crippen LogP contribution in [0, 0.1) is 0 Å². The zero-order valence-electron chi connectivity index (χ0n) is 9.90. The van der Waals surface area contributed by atoms with Gasteiger partial charge in [-0.25, -0.2) is 9.97 Å². The van der Waals surface area contributed by atoms with E-state index < -0.39 is 11.7 Å². The van der Waals surface area contributed by atoms with Crippen LogP contribution >= 0.6 is 0 Å². The highest BCUT2D eigenvalue weighted by Crippen LogP contribution is 2.36. The maximum atomic E-state index is 12.7. The summed E-state index contributed by atoms with van der Waals surface area (Å²) in [5, 5.41) is 0. The summed E-state index contributed by atoms with van der Waals surface area (Å²) in [7, 11) is 1.40. The molecular weight excluding hydrogens is 259 g/mol. The quantitative estimate of drug-likeness (QED) is 0.851. The summed E-state index contributed by atoms with van der Waals surface area (Å²) < 4.78 is 43.0. The standard InChI is InChI=1S/C12H10F3N3O/c1-19-11-17-5-8(6-18-11)7-2-3-10(16)9(4-7)12(13,14)15/h2-6H,16H2,1H3. The van der Waals surface area contributed by atoms with Crippen molar-refractivity contribution < 1.29 is 17.9 Å². The van der Waals surface area contributed by atoms with Gasteiger partial charge in [0.15, 0.2) is 0 Å². The van der Waals surface area contributed by atoms with Gasteiger partial charge in [-0.3, -0.25) is 0 Å². The lowest BCUT2D eigenvalue weighted by Gasteiger charge is -2.11. The molecule has 1 aromatic carbocycles. The number of nitrogens with zero attached hydrogens (tertiary/aromatic N) is 2. The molecule has 0 radical (unpaired) electrons. The van der Waals surface area contributed by atoms with Crippen LogP contribution in [0.2, 0.25) is 0 Å². The monoisotopic (exact) mass is 269 g/mol. The van der Waals surface area contributed by atoms with Crippen molar-refractivity contribution in [2.45, 2.75) is 6.18 Å². The first-order valence-corrected chi connectivity index (χ1v) is 5.25. The first kappa shape index (κ1) is 13.1. The molecule has 0 bridgehead atoms. The van der Waals surface area contributed by atoms with E-state index in [9.17, 15) is 13.2 Å². The van der Waals surface area contributed by atoms with Gasteiger partial charge in [0, 0.05) is 23.6 Å². The number of aromatic nitrogens is 2. The maximum absolute atomic E-state index is 12.7. The number of nitrogen functional groups attached to an aromatic ring is 1. The number of benzene rings is 1. The molecule has 100 valence electrons. The van der Waals surface area contributed by atoms with Gasteiger partial charge in [0.1, 0.15) is 0 Å². The Morgan fingerprint density at radius 2 is 1.74 bits per heavy atom. The number of hydrogen-bond donors (Lipinski definition) is 1. The van der Waals surface area contributed by atoms with Crippen LogP contribution in [0.5, 0.6) is 6.01 Å². The molecule has 4 nitrogen and oxygen atoms in total. The Hall–Kier alpha value is -2.31. The number of hydrogen-bond acceptors (Lipinski definition) is 4. The second-order valence-electron chi connectivity index (χ2n) is 3.76.